The lowest BCUT2D eigenvalue weighted by Gasteiger charge is -2.16. The summed E-state index contributed by atoms with van der Waals surface area (Å²) in [6.07, 6.45) is 4.37. The van der Waals surface area contributed by atoms with Gasteiger partial charge in [-0.25, -0.2) is 0 Å². The average Bonchev–Trinajstić information content (AvgIpc) is 2.62. The van der Waals surface area contributed by atoms with Crippen molar-refractivity contribution in [3.05, 3.63) is 22.6 Å². The maximum absolute atomic E-state index is 10.9. The highest BCUT2D eigenvalue weighted by Gasteiger charge is 2.26. The van der Waals surface area contributed by atoms with Crippen LogP contribution >= 0.6 is 0 Å². The molecule has 1 heterocycles. The second-order valence-electron chi connectivity index (χ2n) is 4.71. The number of carboxylic acids is 1. The molecule has 0 fully saturated rings. The minimum atomic E-state index is -0.800. The number of aliphatic carboxylic acids is 1. The molecule has 0 aliphatic heterocycles. The van der Waals surface area contributed by atoms with Crippen LogP contribution in [0.5, 0.6) is 0 Å². The van der Waals surface area contributed by atoms with Gasteiger partial charge in [-0.05, 0) is 38.3 Å². The zero-order valence-electron chi connectivity index (χ0n) is 10.2. The maximum atomic E-state index is 10.9. The van der Waals surface area contributed by atoms with Crippen LogP contribution in [0.25, 0.3) is 0 Å². The lowest BCUT2D eigenvalue weighted by atomic mass is 9.87. The summed E-state index contributed by atoms with van der Waals surface area (Å²) in [4.78, 5) is 10.9. The fourth-order valence-corrected chi connectivity index (χ4v) is 2.78. The molecule has 1 aromatic rings. The summed E-state index contributed by atoms with van der Waals surface area (Å²) in [5.41, 5.74) is 8.00. The molecule has 0 radical (unpaired) electrons. The van der Waals surface area contributed by atoms with E-state index in [0.717, 1.165) is 42.8 Å². The molecule has 1 aliphatic rings. The number of hydrogen-bond acceptors (Lipinski definition) is 3. The summed E-state index contributed by atoms with van der Waals surface area (Å²) in [5, 5.41) is 8.92. The van der Waals surface area contributed by atoms with Gasteiger partial charge in [0.15, 0.2) is 0 Å². The van der Waals surface area contributed by atoms with Gasteiger partial charge in [-0.15, -0.1) is 0 Å². The van der Waals surface area contributed by atoms with E-state index in [1.54, 1.807) is 0 Å². The number of carboxylic acid groups (broad SMARTS) is 1. The van der Waals surface area contributed by atoms with Crippen molar-refractivity contribution in [2.24, 2.45) is 5.73 Å². The van der Waals surface area contributed by atoms with Gasteiger partial charge in [-0.1, -0.05) is 0 Å². The van der Waals surface area contributed by atoms with Crippen LogP contribution in [0.3, 0.4) is 0 Å². The second kappa shape index (κ2) is 4.92. The van der Waals surface area contributed by atoms with Crippen molar-refractivity contribution in [1.29, 1.82) is 0 Å². The molecule has 0 saturated heterocycles. The van der Waals surface area contributed by atoms with Crippen LogP contribution in [0.1, 0.15) is 47.8 Å². The van der Waals surface area contributed by atoms with E-state index in [4.69, 9.17) is 15.3 Å². The third-order valence-electron chi connectivity index (χ3n) is 3.51. The Balaban J connectivity index is 2.35. The molecule has 0 amide bonds. The summed E-state index contributed by atoms with van der Waals surface area (Å²) in [6.45, 7) is 2.28. The minimum absolute atomic E-state index is 0.0866. The molecule has 4 nitrogen and oxygen atoms in total. The van der Waals surface area contributed by atoms with Gasteiger partial charge >= 0.3 is 5.97 Å². The van der Waals surface area contributed by atoms with Crippen LogP contribution in [0, 0.1) is 6.92 Å². The fourth-order valence-electron chi connectivity index (χ4n) is 2.78. The molecular weight excluding hydrogens is 218 g/mol. The van der Waals surface area contributed by atoms with Crippen molar-refractivity contribution in [2.75, 3.05) is 6.54 Å². The van der Waals surface area contributed by atoms with Crippen LogP contribution in [-0.2, 0) is 17.6 Å². The molecule has 1 aromatic heterocycles. The van der Waals surface area contributed by atoms with Gasteiger partial charge in [0.2, 0.25) is 0 Å². The van der Waals surface area contributed by atoms with E-state index in [1.165, 1.54) is 5.56 Å². The molecule has 94 valence electrons. The summed E-state index contributed by atoms with van der Waals surface area (Å²) in [7, 11) is 0. The standard InChI is InChI=1S/C13H19NO3/c1-8-13(9(7-14)6-12(15)16)10-4-2-3-5-11(10)17-8/h9H,2-7,14H2,1H3,(H,15,16). The average molecular weight is 237 g/mol. The van der Waals surface area contributed by atoms with Gasteiger partial charge in [0, 0.05) is 17.9 Å². The van der Waals surface area contributed by atoms with Crippen LogP contribution in [0.4, 0.5) is 0 Å². The Morgan fingerprint density at radius 1 is 1.47 bits per heavy atom. The summed E-state index contributed by atoms with van der Waals surface area (Å²) in [6, 6.07) is 0. The number of aryl methyl sites for hydroxylation is 2. The van der Waals surface area contributed by atoms with Crippen molar-refractivity contribution in [3.63, 3.8) is 0 Å². The van der Waals surface area contributed by atoms with Gasteiger partial charge < -0.3 is 15.3 Å². The third kappa shape index (κ3) is 2.36. The van der Waals surface area contributed by atoms with Crippen LogP contribution < -0.4 is 5.73 Å². The highest BCUT2D eigenvalue weighted by Crippen LogP contribution is 2.35. The van der Waals surface area contributed by atoms with Crippen LogP contribution in [-0.4, -0.2) is 17.6 Å². The first-order chi connectivity index (χ1) is 8.13. The second-order valence-corrected chi connectivity index (χ2v) is 4.71. The molecule has 3 N–H and O–H groups in total. The number of carbonyl (C=O) groups is 1. The van der Waals surface area contributed by atoms with Crippen LogP contribution in [0.15, 0.2) is 4.42 Å². The first-order valence-electron chi connectivity index (χ1n) is 6.16. The number of hydrogen-bond donors (Lipinski definition) is 2. The van der Waals surface area contributed by atoms with Crippen molar-refractivity contribution in [1.82, 2.24) is 0 Å². The molecule has 0 spiro atoms. The Bertz CT molecular complexity index is 423. The number of nitrogens with two attached hydrogens (primary N) is 1. The zero-order chi connectivity index (χ0) is 12.4. The third-order valence-corrected chi connectivity index (χ3v) is 3.51. The van der Waals surface area contributed by atoms with E-state index < -0.39 is 5.97 Å². The monoisotopic (exact) mass is 237 g/mol. The van der Waals surface area contributed by atoms with E-state index in [1.807, 2.05) is 6.92 Å². The molecule has 0 bridgehead atoms. The van der Waals surface area contributed by atoms with Crippen molar-refractivity contribution in [3.8, 4) is 0 Å². The lowest BCUT2D eigenvalue weighted by molar-refractivity contribution is -0.137. The van der Waals surface area contributed by atoms with E-state index in [9.17, 15) is 4.79 Å². The normalized spacial score (nSPS) is 16.6. The van der Waals surface area contributed by atoms with Crippen LogP contribution in [0.2, 0.25) is 0 Å². The molecule has 1 unspecified atom stereocenters. The summed E-state index contributed by atoms with van der Waals surface area (Å²) in [5.74, 6) is 0.991. The number of rotatable bonds is 4. The van der Waals surface area contributed by atoms with Crippen molar-refractivity contribution in [2.45, 2.75) is 44.9 Å². The van der Waals surface area contributed by atoms with E-state index in [0.29, 0.717) is 6.54 Å². The van der Waals surface area contributed by atoms with E-state index in [-0.39, 0.29) is 12.3 Å². The Morgan fingerprint density at radius 3 is 2.82 bits per heavy atom. The highest BCUT2D eigenvalue weighted by molar-refractivity contribution is 5.68. The SMILES string of the molecule is Cc1oc2c(c1C(CN)CC(=O)O)CCCC2. The predicted octanol–water partition coefficient (Wildman–Crippen LogP) is 1.98. The van der Waals surface area contributed by atoms with Gasteiger partial charge in [0.1, 0.15) is 11.5 Å². The summed E-state index contributed by atoms with van der Waals surface area (Å²) >= 11 is 0. The minimum Gasteiger partial charge on any atom is -0.481 e. The topological polar surface area (TPSA) is 76.5 Å². The van der Waals surface area contributed by atoms with Gasteiger partial charge in [-0.2, -0.15) is 0 Å². The Morgan fingerprint density at radius 2 is 2.18 bits per heavy atom. The molecule has 1 aliphatic carbocycles. The largest absolute Gasteiger partial charge is 0.481 e. The molecule has 4 heteroatoms. The smallest absolute Gasteiger partial charge is 0.304 e. The van der Waals surface area contributed by atoms with Crippen molar-refractivity contribution < 1.29 is 14.3 Å². The van der Waals surface area contributed by atoms with E-state index in [2.05, 4.69) is 0 Å². The summed E-state index contributed by atoms with van der Waals surface area (Å²) < 4.78 is 5.75. The fraction of sp³-hybridized carbons (Fsp3) is 0.615. The molecular formula is C13H19NO3. The molecule has 1 atom stereocenters. The number of fused-ring (bicyclic) bond motifs is 1. The highest BCUT2D eigenvalue weighted by atomic mass is 16.4. The zero-order valence-corrected chi connectivity index (χ0v) is 10.2. The first-order valence-corrected chi connectivity index (χ1v) is 6.16. The van der Waals surface area contributed by atoms with E-state index >= 15 is 0 Å². The lowest BCUT2D eigenvalue weighted by Crippen LogP contribution is -2.18. The van der Waals surface area contributed by atoms with Gasteiger partial charge in [-0.3, -0.25) is 4.79 Å². The quantitative estimate of drug-likeness (QED) is 0.839. The Labute approximate surface area is 101 Å². The molecule has 0 saturated carbocycles. The maximum Gasteiger partial charge on any atom is 0.304 e. The Hall–Kier alpha value is -1.29. The molecule has 0 aromatic carbocycles. The van der Waals surface area contributed by atoms with Crippen molar-refractivity contribution >= 4 is 5.97 Å². The van der Waals surface area contributed by atoms with Gasteiger partial charge in [0.05, 0.1) is 6.42 Å². The Kier molecular flexibility index (Phi) is 3.52. The van der Waals surface area contributed by atoms with Gasteiger partial charge in [0.25, 0.3) is 0 Å². The predicted molar refractivity (Wildman–Crippen MR) is 64.1 cm³/mol. The molecule has 2 rings (SSSR count). The molecule has 17 heavy (non-hydrogen) atoms. The number of furan rings is 1. The first kappa shape index (κ1) is 12.2.